The van der Waals surface area contributed by atoms with Crippen LogP contribution in [0.4, 0.5) is 0 Å². The number of aliphatic imine (C=N–C) groups is 1. The monoisotopic (exact) mass is 477 g/mol. The smallest absolute Gasteiger partial charge is 0.191 e. The molecular weight excluding hydrogens is 445 g/mol. The van der Waals surface area contributed by atoms with Gasteiger partial charge >= 0.3 is 0 Å². The largest absolute Gasteiger partial charge is 0.497 e. The maximum atomic E-state index is 5.77. The molecule has 0 radical (unpaired) electrons. The van der Waals surface area contributed by atoms with Crippen LogP contribution < -0.4 is 15.4 Å². The number of hydrogen-bond donors (Lipinski definition) is 2. The first-order chi connectivity index (χ1) is 12.2. The average molecular weight is 477 g/mol. The van der Waals surface area contributed by atoms with Crippen molar-refractivity contribution in [1.82, 2.24) is 10.6 Å². The molecule has 1 atom stereocenters. The predicted octanol–water partition coefficient (Wildman–Crippen LogP) is 2.87. The summed E-state index contributed by atoms with van der Waals surface area (Å²) in [6.07, 6.45) is 2.23. The van der Waals surface area contributed by atoms with Gasteiger partial charge in [-0.05, 0) is 49.9 Å². The first-order valence-corrected chi connectivity index (χ1v) is 9.07. The molecule has 1 fully saturated rings. The third-order valence-corrected chi connectivity index (χ3v) is 3.97. The fourth-order valence-electron chi connectivity index (χ4n) is 2.72. The molecule has 0 amide bonds. The normalized spacial score (nSPS) is 16.9. The number of nitrogens with one attached hydrogen (secondary N) is 2. The van der Waals surface area contributed by atoms with E-state index >= 15 is 0 Å². The zero-order valence-corrected chi connectivity index (χ0v) is 18.4. The first-order valence-electron chi connectivity index (χ1n) is 9.07. The Morgan fingerprint density at radius 2 is 2.15 bits per heavy atom. The molecular formula is C19H32IN3O3. The van der Waals surface area contributed by atoms with Gasteiger partial charge in [-0.2, -0.15) is 0 Å². The summed E-state index contributed by atoms with van der Waals surface area (Å²) in [5, 5.41) is 6.63. The Bertz CT molecular complexity index is 549. The van der Waals surface area contributed by atoms with Crippen molar-refractivity contribution in [1.29, 1.82) is 0 Å². The number of ether oxygens (including phenoxy) is 3. The second kappa shape index (κ2) is 13.2. The fourth-order valence-corrected chi connectivity index (χ4v) is 2.72. The van der Waals surface area contributed by atoms with Gasteiger partial charge < -0.3 is 24.8 Å². The van der Waals surface area contributed by atoms with Crippen LogP contribution in [0.3, 0.4) is 0 Å². The van der Waals surface area contributed by atoms with Crippen LogP contribution in [0, 0.1) is 6.92 Å². The summed E-state index contributed by atoms with van der Waals surface area (Å²) in [5.41, 5.74) is 2.31. The van der Waals surface area contributed by atoms with Gasteiger partial charge in [0.2, 0.25) is 0 Å². The number of hydrogen-bond acceptors (Lipinski definition) is 4. The van der Waals surface area contributed by atoms with Crippen LogP contribution in [0.5, 0.6) is 5.75 Å². The number of benzene rings is 1. The Hall–Kier alpha value is -1.06. The van der Waals surface area contributed by atoms with Crippen molar-refractivity contribution >= 4 is 29.9 Å². The Morgan fingerprint density at radius 1 is 1.31 bits per heavy atom. The summed E-state index contributed by atoms with van der Waals surface area (Å²) in [7, 11) is 1.69. The van der Waals surface area contributed by atoms with Crippen LogP contribution in [0.2, 0.25) is 0 Å². The topological polar surface area (TPSA) is 64.1 Å². The van der Waals surface area contributed by atoms with Crippen LogP contribution in [0.15, 0.2) is 23.2 Å². The Balaban J connectivity index is 0.00000338. The van der Waals surface area contributed by atoms with E-state index in [9.17, 15) is 0 Å². The van der Waals surface area contributed by atoms with E-state index in [1.165, 1.54) is 5.56 Å². The molecule has 1 aromatic rings. The molecule has 2 N–H and O–H groups in total. The van der Waals surface area contributed by atoms with Crippen molar-refractivity contribution in [2.75, 3.05) is 40.0 Å². The molecule has 0 spiro atoms. The van der Waals surface area contributed by atoms with Crippen molar-refractivity contribution in [2.45, 2.75) is 39.3 Å². The second-order valence-corrected chi connectivity index (χ2v) is 6.19. The standard InChI is InChI=1S/C19H31N3O3.HI/c1-4-20-19(21-7-5-8-25-17-6-9-24-14-17)22-13-16-10-15(2)11-18(12-16)23-3;/h10-12,17H,4-9,13-14H2,1-3H3,(H2,20,21,22);1H. The number of guanidine groups is 1. The summed E-state index contributed by atoms with van der Waals surface area (Å²) in [5.74, 6) is 1.70. The average Bonchev–Trinajstić information content (AvgIpc) is 3.12. The molecule has 1 aromatic carbocycles. The highest BCUT2D eigenvalue weighted by Crippen LogP contribution is 2.17. The van der Waals surface area contributed by atoms with E-state index in [0.717, 1.165) is 63.0 Å². The molecule has 1 heterocycles. The maximum Gasteiger partial charge on any atom is 0.191 e. The van der Waals surface area contributed by atoms with Gasteiger partial charge in [0.1, 0.15) is 5.75 Å². The molecule has 1 aliphatic rings. The predicted molar refractivity (Wildman–Crippen MR) is 116 cm³/mol. The van der Waals surface area contributed by atoms with Crippen LogP contribution in [0.1, 0.15) is 30.9 Å². The summed E-state index contributed by atoms with van der Waals surface area (Å²) < 4.78 is 16.4. The van der Waals surface area contributed by atoms with E-state index in [1.807, 2.05) is 12.1 Å². The van der Waals surface area contributed by atoms with Crippen molar-refractivity contribution < 1.29 is 14.2 Å². The highest BCUT2D eigenvalue weighted by Gasteiger charge is 2.15. The summed E-state index contributed by atoms with van der Waals surface area (Å²) >= 11 is 0. The summed E-state index contributed by atoms with van der Waals surface area (Å²) in [6, 6.07) is 6.18. The summed E-state index contributed by atoms with van der Waals surface area (Å²) in [6.45, 7) is 8.71. The minimum absolute atomic E-state index is 0. The first kappa shape index (κ1) is 23.0. The molecule has 0 aromatic heterocycles. The van der Waals surface area contributed by atoms with Crippen LogP contribution in [-0.2, 0) is 16.0 Å². The highest BCUT2D eigenvalue weighted by molar-refractivity contribution is 14.0. The van der Waals surface area contributed by atoms with Crippen molar-refractivity contribution in [2.24, 2.45) is 4.99 Å². The summed E-state index contributed by atoms with van der Waals surface area (Å²) in [4.78, 5) is 4.65. The van der Waals surface area contributed by atoms with Crippen molar-refractivity contribution in [3.8, 4) is 5.75 Å². The van der Waals surface area contributed by atoms with Gasteiger partial charge in [0.05, 0.1) is 26.4 Å². The third-order valence-electron chi connectivity index (χ3n) is 3.97. The lowest BCUT2D eigenvalue weighted by Crippen LogP contribution is -2.38. The molecule has 148 valence electrons. The van der Waals surface area contributed by atoms with E-state index in [-0.39, 0.29) is 30.1 Å². The molecule has 6 nitrogen and oxygen atoms in total. The highest BCUT2D eigenvalue weighted by atomic mass is 127. The zero-order chi connectivity index (χ0) is 17.9. The molecule has 26 heavy (non-hydrogen) atoms. The fraction of sp³-hybridized carbons (Fsp3) is 0.632. The van der Waals surface area contributed by atoms with Gasteiger partial charge in [-0.25, -0.2) is 4.99 Å². The molecule has 1 unspecified atom stereocenters. The number of nitrogens with zero attached hydrogens (tertiary/aromatic N) is 1. The number of aryl methyl sites for hydroxylation is 1. The molecule has 1 aliphatic heterocycles. The zero-order valence-electron chi connectivity index (χ0n) is 16.0. The van der Waals surface area contributed by atoms with Gasteiger partial charge in [0.15, 0.2) is 5.96 Å². The molecule has 0 aliphatic carbocycles. The van der Waals surface area contributed by atoms with E-state index in [1.54, 1.807) is 7.11 Å². The van der Waals surface area contributed by atoms with Crippen LogP contribution in [0.25, 0.3) is 0 Å². The van der Waals surface area contributed by atoms with Gasteiger partial charge in [-0.3, -0.25) is 0 Å². The van der Waals surface area contributed by atoms with E-state index in [2.05, 4.69) is 35.5 Å². The molecule has 0 bridgehead atoms. The van der Waals surface area contributed by atoms with Crippen LogP contribution >= 0.6 is 24.0 Å². The molecule has 1 saturated heterocycles. The lowest BCUT2D eigenvalue weighted by atomic mass is 10.1. The molecule has 7 heteroatoms. The van der Waals surface area contributed by atoms with E-state index < -0.39 is 0 Å². The third kappa shape index (κ3) is 8.55. The van der Waals surface area contributed by atoms with Crippen molar-refractivity contribution in [3.05, 3.63) is 29.3 Å². The van der Waals surface area contributed by atoms with Crippen LogP contribution in [-0.4, -0.2) is 52.1 Å². The van der Waals surface area contributed by atoms with E-state index in [0.29, 0.717) is 6.54 Å². The van der Waals surface area contributed by atoms with Gasteiger partial charge in [-0.1, -0.05) is 6.07 Å². The minimum atomic E-state index is 0. The number of halogens is 1. The Labute approximate surface area is 174 Å². The van der Waals surface area contributed by atoms with E-state index in [4.69, 9.17) is 14.2 Å². The van der Waals surface area contributed by atoms with Gasteiger partial charge in [0.25, 0.3) is 0 Å². The Kier molecular flexibility index (Phi) is 11.6. The lowest BCUT2D eigenvalue weighted by Gasteiger charge is -2.13. The minimum Gasteiger partial charge on any atom is -0.497 e. The Morgan fingerprint density at radius 3 is 2.85 bits per heavy atom. The quantitative estimate of drug-likeness (QED) is 0.248. The lowest BCUT2D eigenvalue weighted by molar-refractivity contribution is 0.0420. The van der Waals surface area contributed by atoms with Gasteiger partial charge in [-0.15, -0.1) is 24.0 Å². The number of rotatable bonds is 9. The molecule has 2 rings (SSSR count). The second-order valence-electron chi connectivity index (χ2n) is 6.19. The maximum absolute atomic E-state index is 5.77. The van der Waals surface area contributed by atoms with Gasteiger partial charge in [0, 0.05) is 26.3 Å². The number of methoxy groups -OCH3 is 1. The van der Waals surface area contributed by atoms with Crippen molar-refractivity contribution in [3.63, 3.8) is 0 Å². The molecule has 0 saturated carbocycles. The SMILES string of the molecule is CCNC(=NCc1cc(C)cc(OC)c1)NCCCOC1CCOC1.I.